The maximum Gasteiger partial charge on any atom is 0.255 e. The number of hydrogen-bond donors (Lipinski definition) is 1. The van der Waals surface area contributed by atoms with Crippen LogP contribution < -0.4 is 5.32 Å². The van der Waals surface area contributed by atoms with Crippen molar-refractivity contribution in [3.05, 3.63) is 64.2 Å². The van der Waals surface area contributed by atoms with Gasteiger partial charge in [0.15, 0.2) is 0 Å². The molecule has 1 amide bonds. The van der Waals surface area contributed by atoms with E-state index in [1.807, 2.05) is 51.1 Å². The number of aryl methyl sites for hydroxylation is 4. The van der Waals surface area contributed by atoms with Crippen molar-refractivity contribution < 1.29 is 4.79 Å². The normalized spacial score (nSPS) is 10.3. The topological polar surface area (TPSA) is 29.1 Å². The summed E-state index contributed by atoms with van der Waals surface area (Å²) in [5.74, 6) is -0.0514. The highest BCUT2D eigenvalue weighted by molar-refractivity contribution is 6.05. The summed E-state index contributed by atoms with van der Waals surface area (Å²) in [5, 5.41) is 2.93. The van der Waals surface area contributed by atoms with E-state index in [0.29, 0.717) is 0 Å². The van der Waals surface area contributed by atoms with Crippen molar-refractivity contribution >= 4 is 11.6 Å². The molecule has 0 radical (unpaired) electrons. The lowest BCUT2D eigenvalue weighted by atomic mass is 10.0. The van der Waals surface area contributed by atoms with E-state index in [-0.39, 0.29) is 5.91 Å². The van der Waals surface area contributed by atoms with E-state index < -0.39 is 0 Å². The number of nitrogens with one attached hydrogen (secondary N) is 1. The number of rotatable bonds is 2. The first kappa shape index (κ1) is 13.3. The molecule has 2 nitrogen and oxygen atoms in total. The van der Waals surface area contributed by atoms with Gasteiger partial charge in [-0.15, -0.1) is 0 Å². The molecule has 0 saturated carbocycles. The van der Waals surface area contributed by atoms with Gasteiger partial charge < -0.3 is 5.32 Å². The van der Waals surface area contributed by atoms with Crippen LogP contribution in [0.5, 0.6) is 0 Å². The van der Waals surface area contributed by atoms with Gasteiger partial charge in [0.25, 0.3) is 5.91 Å². The molecule has 0 fully saturated rings. The molecule has 2 aromatic rings. The Labute approximate surface area is 114 Å². The van der Waals surface area contributed by atoms with Crippen molar-refractivity contribution in [3.8, 4) is 0 Å². The molecule has 2 heteroatoms. The number of benzene rings is 2. The summed E-state index contributed by atoms with van der Waals surface area (Å²) in [6.07, 6.45) is 0. The molecule has 0 aliphatic rings. The van der Waals surface area contributed by atoms with Crippen LogP contribution in [0.4, 0.5) is 5.69 Å². The van der Waals surface area contributed by atoms with Gasteiger partial charge in [-0.3, -0.25) is 4.79 Å². The second-order valence-corrected chi connectivity index (χ2v) is 5.07. The van der Waals surface area contributed by atoms with Crippen LogP contribution in [0.25, 0.3) is 0 Å². The lowest BCUT2D eigenvalue weighted by Crippen LogP contribution is -2.13. The molecule has 98 valence electrons. The number of amides is 1. The van der Waals surface area contributed by atoms with Crippen LogP contribution in [-0.2, 0) is 0 Å². The molecule has 1 N–H and O–H groups in total. The first-order chi connectivity index (χ1) is 8.97. The van der Waals surface area contributed by atoms with E-state index in [1.165, 1.54) is 11.1 Å². The van der Waals surface area contributed by atoms with E-state index in [1.54, 1.807) is 0 Å². The third kappa shape index (κ3) is 3.02. The Balaban J connectivity index is 2.25. The van der Waals surface area contributed by atoms with Crippen LogP contribution in [0.3, 0.4) is 0 Å². The first-order valence-electron chi connectivity index (χ1n) is 6.43. The maximum atomic E-state index is 12.3. The molecular formula is C17H19NO. The zero-order valence-corrected chi connectivity index (χ0v) is 11.9. The summed E-state index contributed by atoms with van der Waals surface area (Å²) in [7, 11) is 0. The number of carbonyl (C=O) groups is 1. The highest BCUT2D eigenvalue weighted by Crippen LogP contribution is 2.17. The molecule has 0 heterocycles. The molecule has 0 aliphatic heterocycles. The van der Waals surface area contributed by atoms with Crippen molar-refractivity contribution in [2.75, 3.05) is 5.32 Å². The molecule has 0 spiro atoms. The van der Waals surface area contributed by atoms with Gasteiger partial charge in [0.2, 0.25) is 0 Å². The second-order valence-electron chi connectivity index (χ2n) is 5.07. The van der Waals surface area contributed by atoms with E-state index in [9.17, 15) is 4.79 Å². The summed E-state index contributed by atoms with van der Waals surface area (Å²) < 4.78 is 0. The van der Waals surface area contributed by atoms with E-state index in [0.717, 1.165) is 22.4 Å². The van der Waals surface area contributed by atoms with Gasteiger partial charge in [-0.1, -0.05) is 23.8 Å². The Morgan fingerprint density at radius 2 is 1.42 bits per heavy atom. The standard InChI is InChI=1S/C17H19NO/c1-11-5-7-15(8-6-11)18-17(19)16-10-13(3)12(2)9-14(16)4/h5-10H,1-4H3,(H,18,19). The Kier molecular flexibility index (Phi) is 3.70. The first-order valence-corrected chi connectivity index (χ1v) is 6.43. The van der Waals surface area contributed by atoms with Gasteiger partial charge in [-0.25, -0.2) is 0 Å². The minimum absolute atomic E-state index is 0.0514. The van der Waals surface area contributed by atoms with Crippen LogP contribution in [0, 0.1) is 27.7 Å². The average molecular weight is 253 g/mol. The Morgan fingerprint density at radius 1 is 0.842 bits per heavy atom. The highest BCUT2D eigenvalue weighted by Gasteiger charge is 2.10. The zero-order chi connectivity index (χ0) is 14.0. The van der Waals surface area contributed by atoms with Crippen molar-refractivity contribution in [2.24, 2.45) is 0 Å². The largest absolute Gasteiger partial charge is 0.322 e. The lowest BCUT2D eigenvalue weighted by molar-refractivity contribution is 0.102. The average Bonchev–Trinajstić information content (AvgIpc) is 2.36. The Bertz CT molecular complexity index is 612. The highest BCUT2D eigenvalue weighted by atomic mass is 16.1. The van der Waals surface area contributed by atoms with Crippen molar-refractivity contribution in [2.45, 2.75) is 27.7 Å². The Hall–Kier alpha value is -2.09. The summed E-state index contributed by atoms with van der Waals surface area (Å²) >= 11 is 0. The smallest absolute Gasteiger partial charge is 0.255 e. The molecule has 19 heavy (non-hydrogen) atoms. The van der Waals surface area contributed by atoms with Gasteiger partial charge in [0, 0.05) is 11.3 Å². The predicted octanol–water partition coefficient (Wildman–Crippen LogP) is 4.17. The van der Waals surface area contributed by atoms with E-state index >= 15 is 0 Å². The zero-order valence-electron chi connectivity index (χ0n) is 11.9. The van der Waals surface area contributed by atoms with Crippen LogP contribution in [0.1, 0.15) is 32.6 Å². The van der Waals surface area contributed by atoms with E-state index in [2.05, 4.69) is 18.3 Å². The fourth-order valence-electron chi connectivity index (χ4n) is 2.04. The van der Waals surface area contributed by atoms with E-state index in [4.69, 9.17) is 0 Å². The number of carbonyl (C=O) groups excluding carboxylic acids is 1. The molecule has 0 unspecified atom stereocenters. The van der Waals surface area contributed by atoms with Gasteiger partial charge in [0.1, 0.15) is 0 Å². The summed E-state index contributed by atoms with van der Waals surface area (Å²) in [6.45, 7) is 8.08. The fraction of sp³-hybridized carbons (Fsp3) is 0.235. The predicted molar refractivity (Wildman–Crippen MR) is 79.8 cm³/mol. The maximum absolute atomic E-state index is 12.3. The van der Waals surface area contributed by atoms with Crippen LogP contribution in [0.15, 0.2) is 36.4 Å². The Morgan fingerprint density at radius 3 is 2.05 bits per heavy atom. The minimum Gasteiger partial charge on any atom is -0.322 e. The van der Waals surface area contributed by atoms with Gasteiger partial charge in [0.05, 0.1) is 0 Å². The molecule has 0 atom stereocenters. The number of hydrogen-bond acceptors (Lipinski definition) is 1. The monoisotopic (exact) mass is 253 g/mol. The number of anilines is 1. The molecule has 0 bridgehead atoms. The molecule has 0 aliphatic carbocycles. The molecule has 2 aromatic carbocycles. The van der Waals surface area contributed by atoms with Gasteiger partial charge >= 0.3 is 0 Å². The third-order valence-corrected chi connectivity index (χ3v) is 3.39. The van der Waals surface area contributed by atoms with Crippen LogP contribution >= 0.6 is 0 Å². The molecule has 2 rings (SSSR count). The third-order valence-electron chi connectivity index (χ3n) is 3.39. The molecule has 0 aromatic heterocycles. The lowest BCUT2D eigenvalue weighted by Gasteiger charge is -2.10. The summed E-state index contributed by atoms with van der Waals surface area (Å²) in [4.78, 5) is 12.3. The second kappa shape index (κ2) is 5.27. The van der Waals surface area contributed by atoms with Crippen molar-refractivity contribution in [1.82, 2.24) is 0 Å². The van der Waals surface area contributed by atoms with Crippen LogP contribution in [0.2, 0.25) is 0 Å². The molecule has 0 saturated heterocycles. The van der Waals surface area contributed by atoms with Gasteiger partial charge in [-0.2, -0.15) is 0 Å². The minimum atomic E-state index is -0.0514. The molecular weight excluding hydrogens is 234 g/mol. The van der Waals surface area contributed by atoms with Gasteiger partial charge in [-0.05, 0) is 62.6 Å². The SMILES string of the molecule is Cc1ccc(NC(=O)c2cc(C)c(C)cc2C)cc1. The summed E-state index contributed by atoms with van der Waals surface area (Å²) in [5.41, 5.74) is 6.11. The summed E-state index contributed by atoms with van der Waals surface area (Å²) in [6, 6.07) is 11.8. The van der Waals surface area contributed by atoms with Crippen LogP contribution in [-0.4, -0.2) is 5.91 Å². The quantitative estimate of drug-likeness (QED) is 0.855. The fourth-order valence-corrected chi connectivity index (χ4v) is 2.04. The van der Waals surface area contributed by atoms with Crippen molar-refractivity contribution in [3.63, 3.8) is 0 Å². The van der Waals surface area contributed by atoms with Crippen molar-refractivity contribution in [1.29, 1.82) is 0 Å².